The lowest BCUT2D eigenvalue weighted by molar-refractivity contribution is -0.0500. The maximum absolute atomic E-state index is 12.8. The van der Waals surface area contributed by atoms with Crippen molar-refractivity contribution in [3.63, 3.8) is 0 Å². The molecule has 42 heavy (non-hydrogen) atoms. The minimum atomic E-state index is -5.90. The summed E-state index contributed by atoms with van der Waals surface area (Å²) in [4.78, 5) is 12.7. The van der Waals surface area contributed by atoms with Crippen LogP contribution in [0, 0.1) is 0 Å². The lowest BCUT2D eigenvalue weighted by atomic mass is 9.99. The van der Waals surface area contributed by atoms with Gasteiger partial charge in [0.05, 0.1) is 16.4 Å². The molecule has 0 N–H and O–H groups in total. The number of benzene rings is 5. The average molecular weight is 586 g/mol. The maximum atomic E-state index is 12.8. The van der Waals surface area contributed by atoms with Crippen LogP contribution in [0.2, 0.25) is 0 Å². The van der Waals surface area contributed by atoms with E-state index in [9.17, 15) is 26.4 Å². The Morgan fingerprint density at radius 3 is 2.07 bits per heavy atom. The van der Waals surface area contributed by atoms with Crippen molar-refractivity contribution >= 4 is 53.7 Å². The molecule has 10 heteroatoms. The third-order valence-corrected chi connectivity index (χ3v) is 8.17. The van der Waals surface area contributed by atoms with Crippen molar-refractivity contribution in [2.75, 3.05) is 0 Å². The summed E-state index contributed by atoms with van der Waals surface area (Å²) in [6.45, 7) is 0. The van der Waals surface area contributed by atoms with Gasteiger partial charge in [-0.05, 0) is 71.8 Å². The number of alkyl halides is 3. The zero-order chi connectivity index (χ0) is 29.2. The van der Waals surface area contributed by atoms with Crippen LogP contribution in [0.5, 0.6) is 5.75 Å². The fourth-order valence-electron chi connectivity index (χ4n) is 5.32. The smallest absolute Gasteiger partial charge is 0.422 e. The highest BCUT2D eigenvalue weighted by Gasteiger charge is 2.48. The van der Waals surface area contributed by atoms with E-state index in [1.807, 2.05) is 48.5 Å². The molecule has 0 fully saturated rings. The lowest BCUT2D eigenvalue weighted by Gasteiger charge is -2.11. The highest BCUT2D eigenvalue weighted by Crippen LogP contribution is 2.37. The Morgan fingerprint density at radius 1 is 0.643 bits per heavy atom. The highest BCUT2D eigenvalue weighted by atomic mass is 32.2. The van der Waals surface area contributed by atoms with Gasteiger partial charge >= 0.3 is 21.3 Å². The van der Waals surface area contributed by atoms with Gasteiger partial charge in [-0.2, -0.15) is 21.6 Å². The van der Waals surface area contributed by atoms with Crippen LogP contribution in [0.15, 0.2) is 118 Å². The minimum Gasteiger partial charge on any atom is -0.422 e. The molecule has 0 amide bonds. The second-order valence-electron chi connectivity index (χ2n) is 9.71. The molecule has 2 heterocycles. The number of halogens is 3. The molecule has 0 bridgehead atoms. The summed E-state index contributed by atoms with van der Waals surface area (Å²) in [5.74, 6) is -0.650. The van der Waals surface area contributed by atoms with Crippen molar-refractivity contribution in [1.29, 1.82) is 0 Å². The van der Waals surface area contributed by atoms with Crippen LogP contribution < -0.4 is 9.81 Å². The van der Waals surface area contributed by atoms with Crippen molar-refractivity contribution in [3.8, 4) is 22.6 Å². The first-order chi connectivity index (χ1) is 20.1. The van der Waals surface area contributed by atoms with Gasteiger partial charge in [-0.3, -0.25) is 0 Å². The summed E-state index contributed by atoms with van der Waals surface area (Å²) in [6, 6.07) is 33.0. The second kappa shape index (κ2) is 9.22. The summed E-state index contributed by atoms with van der Waals surface area (Å²) >= 11 is 0. The van der Waals surface area contributed by atoms with E-state index in [1.54, 1.807) is 6.07 Å². The zero-order valence-corrected chi connectivity index (χ0v) is 22.2. The molecule has 2 aromatic heterocycles. The van der Waals surface area contributed by atoms with Crippen LogP contribution in [0.3, 0.4) is 0 Å². The van der Waals surface area contributed by atoms with Crippen LogP contribution in [0.25, 0.3) is 60.4 Å². The quantitative estimate of drug-likeness (QED) is 0.0907. The first-order valence-electron chi connectivity index (χ1n) is 12.7. The topological polar surface area (TPSA) is 78.5 Å². The van der Waals surface area contributed by atoms with Gasteiger partial charge in [0.25, 0.3) is 0 Å². The first-order valence-corrected chi connectivity index (χ1v) is 14.1. The molecule has 0 aliphatic carbocycles. The van der Waals surface area contributed by atoms with Gasteiger partial charge in [-0.1, -0.05) is 48.5 Å². The third-order valence-electron chi connectivity index (χ3n) is 7.19. The van der Waals surface area contributed by atoms with E-state index in [0.717, 1.165) is 50.8 Å². The summed E-state index contributed by atoms with van der Waals surface area (Å²) in [5, 5.41) is 2.91. The molecule has 208 valence electrons. The molecular formula is C32H18F3NO5S. The maximum Gasteiger partial charge on any atom is 0.534 e. The van der Waals surface area contributed by atoms with Crippen molar-refractivity contribution < 1.29 is 30.2 Å². The van der Waals surface area contributed by atoms with Crippen LogP contribution in [-0.4, -0.2) is 18.5 Å². The first kappa shape index (κ1) is 25.8. The Balaban J connectivity index is 1.38. The van der Waals surface area contributed by atoms with E-state index in [2.05, 4.69) is 45.1 Å². The van der Waals surface area contributed by atoms with Gasteiger partial charge in [0.15, 0.2) is 0 Å². The summed E-state index contributed by atoms with van der Waals surface area (Å²) < 4.78 is 73.2. The number of hydrogen-bond acceptors (Lipinski definition) is 5. The van der Waals surface area contributed by atoms with Crippen molar-refractivity contribution in [2.45, 2.75) is 5.51 Å². The largest absolute Gasteiger partial charge is 0.534 e. The van der Waals surface area contributed by atoms with Gasteiger partial charge in [-0.25, -0.2) is 4.79 Å². The second-order valence-corrected chi connectivity index (χ2v) is 11.2. The molecule has 0 atom stereocenters. The van der Waals surface area contributed by atoms with Gasteiger partial charge < -0.3 is 13.2 Å². The Hall–Kier alpha value is -5.09. The normalized spacial score (nSPS) is 12.5. The predicted molar refractivity (Wildman–Crippen MR) is 155 cm³/mol. The Kier molecular flexibility index (Phi) is 5.67. The van der Waals surface area contributed by atoms with Crippen LogP contribution in [-0.2, 0) is 10.1 Å². The SMILES string of the molecule is O=c1oc2ccc(-c3ccc4c(c3)c3ccccc3n4-c3ccccc3)cc2c2ccc(OS(=O)(=O)C(F)(F)F)cc12. The zero-order valence-electron chi connectivity index (χ0n) is 21.4. The molecule has 6 nitrogen and oxygen atoms in total. The summed E-state index contributed by atoms with van der Waals surface area (Å²) in [6.07, 6.45) is 0. The van der Waals surface area contributed by atoms with E-state index < -0.39 is 27.0 Å². The van der Waals surface area contributed by atoms with E-state index in [0.29, 0.717) is 10.8 Å². The van der Waals surface area contributed by atoms with Crippen molar-refractivity contribution in [1.82, 2.24) is 4.57 Å². The number of aromatic nitrogens is 1. The fraction of sp³-hybridized carbons (Fsp3) is 0.0312. The molecule has 0 saturated heterocycles. The Labute approximate surface area is 235 Å². The number of rotatable bonds is 4. The molecule has 0 unspecified atom stereocenters. The van der Waals surface area contributed by atoms with E-state index >= 15 is 0 Å². The minimum absolute atomic E-state index is 0.115. The Bertz CT molecular complexity index is 2360. The lowest BCUT2D eigenvalue weighted by Crippen LogP contribution is -2.28. The van der Waals surface area contributed by atoms with Gasteiger partial charge in [0, 0.05) is 27.2 Å². The van der Waals surface area contributed by atoms with Crippen LogP contribution in [0.1, 0.15) is 0 Å². The summed E-state index contributed by atoms with van der Waals surface area (Å²) in [5.41, 5.74) is -1.33. The monoisotopic (exact) mass is 585 g/mol. The van der Waals surface area contributed by atoms with E-state index in [1.165, 1.54) is 6.07 Å². The van der Waals surface area contributed by atoms with E-state index in [4.69, 9.17) is 4.42 Å². The summed E-state index contributed by atoms with van der Waals surface area (Å²) in [7, 11) is -5.90. The molecule has 5 aromatic carbocycles. The molecular weight excluding hydrogens is 567 g/mol. The molecule has 7 rings (SSSR count). The molecule has 0 aliphatic rings. The van der Waals surface area contributed by atoms with Crippen molar-refractivity contribution in [2.24, 2.45) is 0 Å². The van der Waals surface area contributed by atoms with Crippen LogP contribution in [0.4, 0.5) is 13.2 Å². The predicted octanol–water partition coefficient (Wildman–Crippen LogP) is 7.94. The Morgan fingerprint density at radius 2 is 1.31 bits per heavy atom. The van der Waals surface area contributed by atoms with Gasteiger partial charge in [-0.15, -0.1) is 0 Å². The molecule has 0 radical (unpaired) electrons. The van der Waals surface area contributed by atoms with E-state index in [-0.39, 0.29) is 11.0 Å². The molecule has 7 aromatic rings. The standard InChI is InChI=1S/C32H18F3NO5S/c33-32(34,35)42(38,39)41-22-12-13-23-26-17-20(11-15-30(26)40-31(37)27(23)18-22)19-10-14-29-25(16-19)24-8-4-5-9-28(24)36(29)21-6-2-1-3-7-21/h1-18H. The average Bonchev–Trinajstić information content (AvgIpc) is 3.30. The van der Waals surface area contributed by atoms with Gasteiger partial charge in [0.1, 0.15) is 11.3 Å². The molecule has 0 saturated carbocycles. The van der Waals surface area contributed by atoms with Crippen molar-refractivity contribution in [3.05, 3.63) is 120 Å². The number of nitrogens with zero attached hydrogens (tertiary/aromatic N) is 1. The number of para-hydroxylation sites is 2. The van der Waals surface area contributed by atoms with Crippen LogP contribution >= 0.6 is 0 Å². The fourth-order valence-corrected chi connectivity index (χ4v) is 5.78. The molecule has 0 spiro atoms. The molecule has 0 aliphatic heterocycles. The number of hydrogen-bond donors (Lipinski definition) is 0. The highest BCUT2D eigenvalue weighted by molar-refractivity contribution is 7.88. The third kappa shape index (κ3) is 4.10. The van der Waals surface area contributed by atoms with Gasteiger partial charge in [0.2, 0.25) is 0 Å². The number of fused-ring (bicyclic) bond motifs is 6.